The first-order chi connectivity index (χ1) is 11.6. The molecule has 0 unspecified atom stereocenters. The number of carbonyl (C=O) groups excluding carboxylic acids is 2. The Kier molecular flexibility index (Phi) is 6.75. The molecule has 1 N–H and O–H groups in total. The van der Waals surface area contributed by atoms with Gasteiger partial charge in [-0.2, -0.15) is 0 Å². The molecule has 0 saturated carbocycles. The first-order valence-corrected chi connectivity index (χ1v) is 8.26. The molecule has 0 aliphatic heterocycles. The molecule has 0 fully saturated rings. The number of amides is 1. The fraction of sp³-hybridized carbons (Fsp3) is 0.158. The Hall–Kier alpha value is -2.40. The standard InChI is InChI=1S/C19H18BrNO3/c1-24-17-8-2-14(3-9-17)12-13-21-19(23)11-10-18(22)15-4-6-16(20)7-5-15/h2-11H,12-13H2,1H3,(H,21,23)/b11-10+. The SMILES string of the molecule is COc1ccc(CCNC(=O)/C=C/C(=O)c2ccc(Br)cc2)cc1. The highest BCUT2D eigenvalue weighted by Gasteiger charge is 2.03. The number of allylic oxidation sites excluding steroid dienone is 1. The largest absolute Gasteiger partial charge is 0.497 e. The van der Waals surface area contributed by atoms with Crippen molar-refractivity contribution in [2.75, 3.05) is 13.7 Å². The van der Waals surface area contributed by atoms with Crippen molar-refractivity contribution in [2.45, 2.75) is 6.42 Å². The van der Waals surface area contributed by atoms with Crippen molar-refractivity contribution in [1.82, 2.24) is 5.32 Å². The van der Waals surface area contributed by atoms with E-state index in [0.29, 0.717) is 18.5 Å². The first-order valence-electron chi connectivity index (χ1n) is 7.47. The molecule has 0 heterocycles. The van der Waals surface area contributed by atoms with E-state index in [2.05, 4.69) is 21.2 Å². The predicted octanol–water partition coefficient (Wildman–Crippen LogP) is 3.56. The molecular formula is C19H18BrNO3. The third-order valence-electron chi connectivity index (χ3n) is 3.39. The summed E-state index contributed by atoms with van der Waals surface area (Å²) in [5.74, 6) is 0.318. The molecule has 24 heavy (non-hydrogen) atoms. The summed E-state index contributed by atoms with van der Waals surface area (Å²) in [6.07, 6.45) is 3.26. The summed E-state index contributed by atoms with van der Waals surface area (Å²) in [4.78, 5) is 23.7. The average Bonchev–Trinajstić information content (AvgIpc) is 2.61. The summed E-state index contributed by atoms with van der Waals surface area (Å²) in [6.45, 7) is 0.502. The van der Waals surface area contributed by atoms with Crippen LogP contribution in [0.2, 0.25) is 0 Å². The molecule has 0 saturated heterocycles. The fourth-order valence-corrected chi connectivity index (χ4v) is 2.31. The lowest BCUT2D eigenvalue weighted by Gasteiger charge is -2.04. The van der Waals surface area contributed by atoms with Crippen LogP contribution in [-0.2, 0) is 11.2 Å². The number of carbonyl (C=O) groups is 2. The van der Waals surface area contributed by atoms with Crippen LogP contribution in [0.4, 0.5) is 0 Å². The molecule has 0 spiro atoms. The Balaban J connectivity index is 1.77. The molecule has 0 bridgehead atoms. The zero-order chi connectivity index (χ0) is 17.4. The summed E-state index contributed by atoms with van der Waals surface area (Å²) in [7, 11) is 1.62. The van der Waals surface area contributed by atoms with Gasteiger partial charge in [0.05, 0.1) is 7.11 Å². The van der Waals surface area contributed by atoms with Crippen LogP contribution < -0.4 is 10.1 Å². The van der Waals surface area contributed by atoms with Gasteiger partial charge in [0.15, 0.2) is 5.78 Å². The minimum absolute atomic E-state index is 0.201. The van der Waals surface area contributed by atoms with E-state index >= 15 is 0 Å². The van der Waals surface area contributed by atoms with Gasteiger partial charge < -0.3 is 10.1 Å². The minimum atomic E-state index is -0.283. The van der Waals surface area contributed by atoms with Gasteiger partial charge in [0.1, 0.15) is 5.75 Å². The molecule has 124 valence electrons. The van der Waals surface area contributed by atoms with E-state index < -0.39 is 0 Å². The lowest BCUT2D eigenvalue weighted by molar-refractivity contribution is -0.116. The number of halogens is 1. The van der Waals surface area contributed by atoms with E-state index in [1.165, 1.54) is 12.2 Å². The third-order valence-corrected chi connectivity index (χ3v) is 3.92. The van der Waals surface area contributed by atoms with Crippen LogP contribution in [-0.4, -0.2) is 25.3 Å². The molecule has 5 heteroatoms. The number of methoxy groups -OCH3 is 1. The molecule has 0 aliphatic rings. The predicted molar refractivity (Wildman–Crippen MR) is 97.3 cm³/mol. The first kappa shape index (κ1) is 17.9. The summed E-state index contributed by atoms with van der Waals surface area (Å²) >= 11 is 3.31. The van der Waals surface area contributed by atoms with Gasteiger partial charge in [-0.1, -0.05) is 28.1 Å². The molecule has 2 aromatic rings. The van der Waals surface area contributed by atoms with Crippen LogP contribution in [0.5, 0.6) is 5.75 Å². The topological polar surface area (TPSA) is 55.4 Å². The fourth-order valence-electron chi connectivity index (χ4n) is 2.04. The molecular weight excluding hydrogens is 370 g/mol. The maximum Gasteiger partial charge on any atom is 0.244 e. The third kappa shape index (κ3) is 5.66. The zero-order valence-electron chi connectivity index (χ0n) is 13.3. The summed E-state index contributed by atoms with van der Waals surface area (Å²) in [6, 6.07) is 14.7. The van der Waals surface area contributed by atoms with Crippen LogP contribution in [0, 0.1) is 0 Å². The van der Waals surface area contributed by atoms with E-state index in [0.717, 1.165) is 15.8 Å². The highest BCUT2D eigenvalue weighted by molar-refractivity contribution is 9.10. The maximum absolute atomic E-state index is 11.9. The van der Waals surface area contributed by atoms with Crippen LogP contribution in [0.1, 0.15) is 15.9 Å². The van der Waals surface area contributed by atoms with E-state index in [4.69, 9.17) is 4.74 Å². The normalized spacial score (nSPS) is 10.6. The highest BCUT2D eigenvalue weighted by atomic mass is 79.9. The van der Waals surface area contributed by atoms with Gasteiger partial charge >= 0.3 is 0 Å². The van der Waals surface area contributed by atoms with Crippen LogP contribution in [0.25, 0.3) is 0 Å². The number of nitrogens with one attached hydrogen (secondary N) is 1. The smallest absolute Gasteiger partial charge is 0.244 e. The second-order valence-electron chi connectivity index (χ2n) is 5.09. The lowest BCUT2D eigenvalue weighted by atomic mass is 10.1. The molecule has 2 aromatic carbocycles. The molecule has 0 aliphatic carbocycles. The average molecular weight is 388 g/mol. The van der Waals surface area contributed by atoms with Gasteiger partial charge in [-0.05, 0) is 54.5 Å². The Bertz CT molecular complexity index is 721. The Morgan fingerprint density at radius 1 is 1.04 bits per heavy atom. The second kappa shape index (κ2) is 9.03. The Morgan fingerprint density at radius 2 is 1.71 bits per heavy atom. The van der Waals surface area contributed by atoms with Crippen LogP contribution in [0.3, 0.4) is 0 Å². The molecule has 0 aromatic heterocycles. The molecule has 1 amide bonds. The number of ketones is 1. The van der Waals surface area contributed by atoms with E-state index in [9.17, 15) is 9.59 Å². The number of ether oxygens (including phenoxy) is 1. The van der Waals surface area contributed by atoms with Crippen molar-refractivity contribution in [3.05, 3.63) is 76.3 Å². The van der Waals surface area contributed by atoms with Gasteiger partial charge in [0, 0.05) is 22.7 Å². The summed E-state index contributed by atoms with van der Waals surface area (Å²) in [5, 5.41) is 2.76. The van der Waals surface area contributed by atoms with Crippen molar-refractivity contribution in [3.8, 4) is 5.75 Å². The van der Waals surface area contributed by atoms with Crippen molar-refractivity contribution in [2.24, 2.45) is 0 Å². The number of rotatable bonds is 7. The van der Waals surface area contributed by atoms with Crippen molar-refractivity contribution < 1.29 is 14.3 Å². The number of hydrogen-bond acceptors (Lipinski definition) is 3. The summed E-state index contributed by atoms with van der Waals surface area (Å²) < 4.78 is 6.00. The van der Waals surface area contributed by atoms with E-state index in [1.807, 2.05) is 24.3 Å². The van der Waals surface area contributed by atoms with Crippen molar-refractivity contribution in [1.29, 1.82) is 0 Å². The monoisotopic (exact) mass is 387 g/mol. The molecule has 0 radical (unpaired) electrons. The second-order valence-corrected chi connectivity index (χ2v) is 6.01. The summed E-state index contributed by atoms with van der Waals surface area (Å²) in [5.41, 5.74) is 1.64. The van der Waals surface area contributed by atoms with E-state index in [-0.39, 0.29) is 11.7 Å². The quantitative estimate of drug-likeness (QED) is 0.583. The van der Waals surface area contributed by atoms with Crippen molar-refractivity contribution >= 4 is 27.6 Å². The molecule has 0 atom stereocenters. The highest BCUT2D eigenvalue weighted by Crippen LogP contribution is 2.12. The maximum atomic E-state index is 11.9. The van der Waals surface area contributed by atoms with Gasteiger partial charge in [-0.25, -0.2) is 0 Å². The van der Waals surface area contributed by atoms with Crippen LogP contribution >= 0.6 is 15.9 Å². The molecule has 4 nitrogen and oxygen atoms in total. The van der Waals surface area contributed by atoms with Crippen molar-refractivity contribution in [3.63, 3.8) is 0 Å². The molecule has 2 rings (SSSR count). The van der Waals surface area contributed by atoms with Crippen LogP contribution in [0.15, 0.2) is 65.2 Å². The minimum Gasteiger partial charge on any atom is -0.497 e. The Labute approximate surface area is 149 Å². The van der Waals surface area contributed by atoms with Gasteiger partial charge in [0.2, 0.25) is 5.91 Å². The lowest BCUT2D eigenvalue weighted by Crippen LogP contribution is -2.23. The number of hydrogen-bond donors (Lipinski definition) is 1. The van der Waals surface area contributed by atoms with Gasteiger partial charge in [-0.3, -0.25) is 9.59 Å². The van der Waals surface area contributed by atoms with Gasteiger partial charge in [-0.15, -0.1) is 0 Å². The van der Waals surface area contributed by atoms with Gasteiger partial charge in [0.25, 0.3) is 0 Å². The van der Waals surface area contributed by atoms with E-state index in [1.54, 1.807) is 31.4 Å². The Morgan fingerprint density at radius 3 is 2.33 bits per heavy atom. The number of benzene rings is 2. The zero-order valence-corrected chi connectivity index (χ0v) is 14.9.